The fourth-order valence-corrected chi connectivity index (χ4v) is 2.69. The molecule has 1 N–H and O–H groups in total. The molecule has 0 atom stereocenters. The first-order valence-corrected chi connectivity index (χ1v) is 6.95. The normalized spacial score (nSPS) is 20.6. The molecule has 0 aliphatic carbocycles. The van der Waals surface area contributed by atoms with Gasteiger partial charge in [-0.3, -0.25) is 4.90 Å². The highest BCUT2D eigenvalue weighted by molar-refractivity contribution is 5.37. The lowest BCUT2D eigenvalue weighted by molar-refractivity contribution is 0.000101. The van der Waals surface area contributed by atoms with E-state index in [2.05, 4.69) is 42.3 Å². The molecule has 2 aliphatic rings. The molecule has 0 saturated carbocycles. The van der Waals surface area contributed by atoms with E-state index in [9.17, 15) is 0 Å². The quantitative estimate of drug-likeness (QED) is 0.880. The molecule has 1 fully saturated rings. The van der Waals surface area contributed by atoms with Gasteiger partial charge in [-0.25, -0.2) is 0 Å². The maximum Gasteiger partial charge on any atom is 0.124 e. The molecule has 2 heterocycles. The second kappa shape index (κ2) is 4.90. The average Bonchev–Trinajstić information content (AvgIpc) is 2.32. The van der Waals surface area contributed by atoms with Crippen molar-refractivity contribution in [3.8, 4) is 5.75 Å². The van der Waals surface area contributed by atoms with Crippen LogP contribution in [-0.2, 0) is 13.0 Å². The molecule has 0 spiro atoms. The summed E-state index contributed by atoms with van der Waals surface area (Å²) in [4.78, 5) is 2.44. The van der Waals surface area contributed by atoms with Gasteiger partial charge in [0.1, 0.15) is 11.9 Å². The third kappa shape index (κ3) is 2.38. The minimum Gasteiger partial charge on any atom is -0.488 e. The van der Waals surface area contributed by atoms with Gasteiger partial charge in [0.15, 0.2) is 0 Å². The fraction of sp³-hybridized carbons (Fsp3) is 0.600. The summed E-state index contributed by atoms with van der Waals surface area (Å²) in [5.74, 6) is 1.05. The molecule has 0 radical (unpaired) electrons. The van der Waals surface area contributed by atoms with Crippen LogP contribution in [-0.4, -0.2) is 36.7 Å². The minimum atomic E-state index is 0.382. The maximum atomic E-state index is 6.03. The zero-order chi connectivity index (χ0) is 12.5. The third-order valence-electron chi connectivity index (χ3n) is 3.97. The Kier molecular flexibility index (Phi) is 3.27. The van der Waals surface area contributed by atoms with Gasteiger partial charge >= 0.3 is 0 Å². The molecule has 1 aromatic carbocycles. The predicted octanol–water partition coefficient (Wildman–Crippen LogP) is 1.80. The van der Waals surface area contributed by atoms with E-state index >= 15 is 0 Å². The van der Waals surface area contributed by atoms with E-state index in [0.717, 1.165) is 38.3 Å². The molecule has 0 bridgehead atoms. The van der Waals surface area contributed by atoms with Crippen molar-refractivity contribution in [1.82, 2.24) is 10.2 Å². The van der Waals surface area contributed by atoms with Crippen LogP contribution >= 0.6 is 0 Å². The van der Waals surface area contributed by atoms with Crippen molar-refractivity contribution in [2.24, 2.45) is 0 Å². The molecule has 0 aromatic heterocycles. The smallest absolute Gasteiger partial charge is 0.124 e. The van der Waals surface area contributed by atoms with Gasteiger partial charge in [0.2, 0.25) is 0 Å². The molecule has 1 saturated heterocycles. The average molecular weight is 246 g/mol. The zero-order valence-electron chi connectivity index (χ0n) is 11.3. The third-order valence-corrected chi connectivity index (χ3v) is 3.97. The van der Waals surface area contributed by atoms with Gasteiger partial charge in [0, 0.05) is 25.7 Å². The molecule has 0 amide bonds. The van der Waals surface area contributed by atoms with E-state index in [1.165, 1.54) is 11.1 Å². The van der Waals surface area contributed by atoms with Gasteiger partial charge in [-0.2, -0.15) is 0 Å². The highest BCUT2D eigenvalue weighted by atomic mass is 16.5. The fourth-order valence-electron chi connectivity index (χ4n) is 2.69. The van der Waals surface area contributed by atoms with Crippen LogP contribution in [0.5, 0.6) is 5.75 Å². The maximum absolute atomic E-state index is 6.03. The van der Waals surface area contributed by atoms with E-state index in [1.807, 2.05) is 0 Å². The SMILES string of the molecule is CC(C)N1CC(Oc2ccc3c(c2)CCNC3)C1. The highest BCUT2D eigenvalue weighted by Gasteiger charge is 2.30. The van der Waals surface area contributed by atoms with Crippen LogP contribution in [0.4, 0.5) is 0 Å². The van der Waals surface area contributed by atoms with E-state index in [1.54, 1.807) is 0 Å². The van der Waals surface area contributed by atoms with Gasteiger partial charge in [-0.05, 0) is 50.1 Å². The van der Waals surface area contributed by atoms with Crippen LogP contribution in [0, 0.1) is 0 Å². The number of nitrogens with zero attached hydrogens (tertiary/aromatic N) is 1. The summed E-state index contributed by atoms with van der Waals surface area (Å²) in [6.45, 7) is 8.69. The Labute approximate surface area is 109 Å². The molecule has 2 aliphatic heterocycles. The van der Waals surface area contributed by atoms with Crippen LogP contribution in [0.3, 0.4) is 0 Å². The molecular formula is C15H22N2O. The van der Waals surface area contributed by atoms with Crippen LogP contribution in [0.25, 0.3) is 0 Å². The second-order valence-corrected chi connectivity index (χ2v) is 5.64. The molecular weight excluding hydrogens is 224 g/mol. The Balaban J connectivity index is 1.61. The number of benzene rings is 1. The van der Waals surface area contributed by atoms with Crippen molar-refractivity contribution in [2.45, 2.75) is 39.0 Å². The second-order valence-electron chi connectivity index (χ2n) is 5.64. The molecule has 3 nitrogen and oxygen atoms in total. The summed E-state index contributed by atoms with van der Waals surface area (Å²) >= 11 is 0. The first kappa shape index (κ1) is 12.0. The molecule has 3 rings (SSSR count). The molecule has 1 aromatic rings. The van der Waals surface area contributed by atoms with Crippen molar-refractivity contribution < 1.29 is 4.74 Å². The van der Waals surface area contributed by atoms with E-state index in [4.69, 9.17) is 4.74 Å². The van der Waals surface area contributed by atoms with Crippen molar-refractivity contribution in [3.63, 3.8) is 0 Å². The Morgan fingerprint density at radius 2 is 2.11 bits per heavy atom. The lowest BCUT2D eigenvalue weighted by Crippen LogP contribution is -2.56. The van der Waals surface area contributed by atoms with Crippen LogP contribution in [0.2, 0.25) is 0 Å². The van der Waals surface area contributed by atoms with Gasteiger partial charge < -0.3 is 10.1 Å². The topological polar surface area (TPSA) is 24.5 Å². The van der Waals surface area contributed by atoms with Crippen LogP contribution in [0.1, 0.15) is 25.0 Å². The lowest BCUT2D eigenvalue weighted by atomic mass is 10.0. The van der Waals surface area contributed by atoms with E-state index in [-0.39, 0.29) is 0 Å². The Bertz CT molecular complexity index is 425. The van der Waals surface area contributed by atoms with Gasteiger partial charge in [-0.15, -0.1) is 0 Å². The van der Waals surface area contributed by atoms with E-state index < -0.39 is 0 Å². The van der Waals surface area contributed by atoms with Gasteiger partial charge in [0.05, 0.1) is 0 Å². The number of rotatable bonds is 3. The summed E-state index contributed by atoms with van der Waals surface area (Å²) in [5, 5.41) is 3.39. The number of likely N-dealkylation sites (tertiary alicyclic amines) is 1. The number of hydrogen-bond acceptors (Lipinski definition) is 3. The van der Waals surface area contributed by atoms with Crippen molar-refractivity contribution >= 4 is 0 Å². The summed E-state index contributed by atoms with van der Waals surface area (Å²) in [7, 11) is 0. The number of fused-ring (bicyclic) bond motifs is 1. The highest BCUT2D eigenvalue weighted by Crippen LogP contribution is 2.24. The summed E-state index contributed by atoms with van der Waals surface area (Å²) in [6.07, 6.45) is 1.50. The zero-order valence-corrected chi connectivity index (χ0v) is 11.3. The van der Waals surface area contributed by atoms with Crippen molar-refractivity contribution in [3.05, 3.63) is 29.3 Å². The summed E-state index contributed by atoms with van der Waals surface area (Å²) < 4.78 is 6.03. The monoisotopic (exact) mass is 246 g/mol. The van der Waals surface area contributed by atoms with Gasteiger partial charge in [-0.1, -0.05) is 6.07 Å². The molecule has 98 valence electrons. The summed E-state index contributed by atoms with van der Waals surface area (Å²) in [5.41, 5.74) is 2.87. The van der Waals surface area contributed by atoms with Crippen molar-refractivity contribution in [1.29, 1.82) is 0 Å². The number of nitrogens with one attached hydrogen (secondary N) is 1. The Morgan fingerprint density at radius 3 is 2.89 bits per heavy atom. The summed E-state index contributed by atoms with van der Waals surface area (Å²) in [6, 6.07) is 7.19. The molecule has 3 heteroatoms. The number of hydrogen-bond donors (Lipinski definition) is 1. The van der Waals surface area contributed by atoms with Crippen LogP contribution < -0.4 is 10.1 Å². The van der Waals surface area contributed by atoms with Gasteiger partial charge in [0.25, 0.3) is 0 Å². The lowest BCUT2D eigenvalue weighted by Gasteiger charge is -2.41. The Morgan fingerprint density at radius 1 is 1.28 bits per heavy atom. The largest absolute Gasteiger partial charge is 0.488 e. The minimum absolute atomic E-state index is 0.382. The molecule has 0 unspecified atom stereocenters. The van der Waals surface area contributed by atoms with Crippen molar-refractivity contribution in [2.75, 3.05) is 19.6 Å². The molecule has 18 heavy (non-hydrogen) atoms. The van der Waals surface area contributed by atoms with Crippen LogP contribution in [0.15, 0.2) is 18.2 Å². The first-order valence-electron chi connectivity index (χ1n) is 6.95. The van der Waals surface area contributed by atoms with E-state index in [0.29, 0.717) is 12.1 Å². The first-order chi connectivity index (χ1) is 8.72. The predicted molar refractivity (Wildman–Crippen MR) is 73.0 cm³/mol. The standard InChI is InChI=1S/C15H22N2O/c1-11(2)17-9-15(10-17)18-14-4-3-13-8-16-6-5-12(13)7-14/h3-4,7,11,15-16H,5-6,8-10H2,1-2H3. The Hall–Kier alpha value is -1.06. The number of ether oxygens (including phenoxy) is 1.